The molecule has 1 rings (SSSR count). The highest BCUT2D eigenvalue weighted by Gasteiger charge is 2.05. The van der Waals surface area contributed by atoms with Crippen molar-refractivity contribution in [3.63, 3.8) is 0 Å². The second-order valence-electron chi connectivity index (χ2n) is 4.33. The number of benzene rings is 1. The van der Waals surface area contributed by atoms with Gasteiger partial charge in [0.25, 0.3) is 0 Å². The van der Waals surface area contributed by atoms with Gasteiger partial charge in [-0.15, -0.1) is 0 Å². The van der Waals surface area contributed by atoms with Crippen LogP contribution < -0.4 is 4.90 Å². The molecule has 1 unspecified atom stereocenters. The van der Waals surface area contributed by atoms with E-state index in [1.54, 1.807) is 6.92 Å². The first-order valence-electron chi connectivity index (χ1n) is 5.64. The summed E-state index contributed by atoms with van der Waals surface area (Å²) in [4.78, 5) is 2.11. The standard InChI is InChI=1S/C13H21NO2/c1-10-8-13(5-4-12(10)9-15)14(3)7-6-11(2)16/h4-5,8,11,15-16H,6-7,9H2,1-3H3. The summed E-state index contributed by atoms with van der Waals surface area (Å²) in [5.41, 5.74) is 3.19. The minimum absolute atomic E-state index is 0.0868. The molecule has 1 aromatic carbocycles. The van der Waals surface area contributed by atoms with E-state index in [1.165, 1.54) is 0 Å². The second-order valence-corrected chi connectivity index (χ2v) is 4.33. The molecule has 0 aliphatic carbocycles. The lowest BCUT2D eigenvalue weighted by Crippen LogP contribution is -2.21. The van der Waals surface area contributed by atoms with Crippen LogP contribution in [0.1, 0.15) is 24.5 Å². The third kappa shape index (κ3) is 3.51. The molecule has 0 aliphatic rings. The maximum Gasteiger partial charge on any atom is 0.0684 e. The fourth-order valence-corrected chi connectivity index (χ4v) is 1.60. The molecular formula is C13H21NO2. The summed E-state index contributed by atoms with van der Waals surface area (Å²) in [5, 5.41) is 18.3. The Hall–Kier alpha value is -1.06. The zero-order chi connectivity index (χ0) is 12.1. The molecule has 0 radical (unpaired) electrons. The Morgan fingerprint density at radius 3 is 2.56 bits per heavy atom. The van der Waals surface area contributed by atoms with Crippen LogP contribution >= 0.6 is 0 Å². The summed E-state index contributed by atoms with van der Waals surface area (Å²) in [6.07, 6.45) is 0.498. The highest BCUT2D eigenvalue weighted by molar-refractivity contribution is 5.50. The Morgan fingerprint density at radius 2 is 2.06 bits per heavy atom. The number of rotatable bonds is 5. The smallest absolute Gasteiger partial charge is 0.0684 e. The van der Waals surface area contributed by atoms with Gasteiger partial charge in [0.1, 0.15) is 0 Å². The van der Waals surface area contributed by atoms with Gasteiger partial charge in [0, 0.05) is 19.3 Å². The fraction of sp³-hybridized carbons (Fsp3) is 0.538. The topological polar surface area (TPSA) is 43.7 Å². The predicted molar refractivity (Wildman–Crippen MR) is 66.7 cm³/mol. The zero-order valence-electron chi connectivity index (χ0n) is 10.3. The molecule has 0 aromatic heterocycles. The van der Waals surface area contributed by atoms with E-state index in [1.807, 2.05) is 26.1 Å². The van der Waals surface area contributed by atoms with E-state index < -0.39 is 0 Å². The number of aliphatic hydroxyl groups is 2. The summed E-state index contributed by atoms with van der Waals surface area (Å²) < 4.78 is 0. The van der Waals surface area contributed by atoms with Crippen molar-refractivity contribution in [3.8, 4) is 0 Å². The molecule has 1 atom stereocenters. The van der Waals surface area contributed by atoms with Crippen LogP contribution in [-0.2, 0) is 6.61 Å². The molecule has 0 bridgehead atoms. The number of aliphatic hydroxyl groups excluding tert-OH is 2. The van der Waals surface area contributed by atoms with Crippen molar-refractivity contribution in [1.82, 2.24) is 0 Å². The van der Waals surface area contributed by atoms with Crippen molar-refractivity contribution in [2.24, 2.45) is 0 Å². The van der Waals surface area contributed by atoms with E-state index in [2.05, 4.69) is 11.0 Å². The molecule has 0 saturated carbocycles. The Bertz CT molecular complexity index is 337. The molecule has 0 aliphatic heterocycles. The number of hydrogen-bond acceptors (Lipinski definition) is 3. The van der Waals surface area contributed by atoms with Crippen LogP contribution in [0, 0.1) is 6.92 Å². The molecule has 0 spiro atoms. The third-order valence-electron chi connectivity index (χ3n) is 2.82. The summed E-state index contributed by atoms with van der Waals surface area (Å²) in [6.45, 7) is 4.71. The Balaban J connectivity index is 2.69. The molecule has 0 saturated heterocycles. The van der Waals surface area contributed by atoms with Gasteiger partial charge >= 0.3 is 0 Å². The van der Waals surface area contributed by atoms with Crippen LogP contribution in [0.5, 0.6) is 0 Å². The maximum absolute atomic E-state index is 9.23. The van der Waals surface area contributed by atoms with Gasteiger partial charge in [-0.25, -0.2) is 0 Å². The van der Waals surface area contributed by atoms with Crippen molar-refractivity contribution in [3.05, 3.63) is 29.3 Å². The minimum Gasteiger partial charge on any atom is -0.393 e. The maximum atomic E-state index is 9.23. The van der Waals surface area contributed by atoms with Crippen molar-refractivity contribution < 1.29 is 10.2 Å². The van der Waals surface area contributed by atoms with Crippen molar-refractivity contribution in [2.45, 2.75) is 33.0 Å². The Kier molecular flexibility index (Phi) is 4.77. The lowest BCUT2D eigenvalue weighted by molar-refractivity contribution is 0.187. The normalized spacial score (nSPS) is 12.6. The summed E-state index contributed by atoms with van der Waals surface area (Å²) >= 11 is 0. The number of hydrogen-bond donors (Lipinski definition) is 2. The van der Waals surface area contributed by atoms with E-state index in [0.717, 1.165) is 29.8 Å². The monoisotopic (exact) mass is 223 g/mol. The Morgan fingerprint density at radius 1 is 1.38 bits per heavy atom. The summed E-state index contributed by atoms with van der Waals surface area (Å²) in [7, 11) is 2.01. The molecule has 0 amide bonds. The van der Waals surface area contributed by atoms with Crippen LogP contribution in [0.2, 0.25) is 0 Å². The Labute approximate surface area is 97.3 Å². The lowest BCUT2D eigenvalue weighted by Gasteiger charge is -2.21. The largest absolute Gasteiger partial charge is 0.393 e. The van der Waals surface area contributed by atoms with Gasteiger partial charge in [0.2, 0.25) is 0 Å². The van der Waals surface area contributed by atoms with Crippen molar-refractivity contribution in [1.29, 1.82) is 0 Å². The van der Waals surface area contributed by atoms with Gasteiger partial charge in [-0.2, -0.15) is 0 Å². The van der Waals surface area contributed by atoms with Gasteiger partial charge in [-0.3, -0.25) is 0 Å². The quantitative estimate of drug-likeness (QED) is 0.798. The average Bonchev–Trinajstić information content (AvgIpc) is 2.25. The van der Waals surface area contributed by atoms with Crippen LogP contribution in [0.25, 0.3) is 0 Å². The van der Waals surface area contributed by atoms with E-state index >= 15 is 0 Å². The molecule has 1 aromatic rings. The molecule has 3 nitrogen and oxygen atoms in total. The van der Waals surface area contributed by atoms with E-state index in [9.17, 15) is 5.11 Å². The van der Waals surface area contributed by atoms with Gasteiger partial charge < -0.3 is 15.1 Å². The van der Waals surface area contributed by atoms with E-state index in [-0.39, 0.29) is 12.7 Å². The molecule has 0 fully saturated rings. The highest BCUT2D eigenvalue weighted by atomic mass is 16.3. The SMILES string of the molecule is Cc1cc(N(C)CCC(C)O)ccc1CO. The molecule has 16 heavy (non-hydrogen) atoms. The zero-order valence-corrected chi connectivity index (χ0v) is 10.3. The molecule has 0 heterocycles. The lowest BCUT2D eigenvalue weighted by atomic mass is 10.1. The van der Waals surface area contributed by atoms with E-state index in [4.69, 9.17) is 5.11 Å². The third-order valence-corrected chi connectivity index (χ3v) is 2.82. The number of anilines is 1. The van der Waals surface area contributed by atoms with E-state index in [0.29, 0.717) is 0 Å². The first-order valence-corrected chi connectivity index (χ1v) is 5.64. The number of nitrogens with zero attached hydrogens (tertiary/aromatic N) is 1. The minimum atomic E-state index is -0.264. The highest BCUT2D eigenvalue weighted by Crippen LogP contribution is 2.18. The molecule has 3 heteroatoms. The molecular weight excluding hydrogens is 202 g/mol. The second kappa shape index (κ2) is 5.87. The van der Waals surface area contributed by atoms with Crippen LogP contribution in [0.15, 0.2) is 18.2 Å². The first-order chi connectivity index (χ1) is 7.54. The van der Waals surface area contributed by atoms with Crippen LogP contribution in [0.4, 0.5) is 5.69 Å². The predicted octanol–water partition coefficient (Wildman–Crippen LogP) is 1.69. The van der Waals surface area contributed by atoms with Gasteiger partial charge in [-0.05, 0) is 43.5 Å². The molecule has 90 valence electrons. The summed E-state index contributed by atoms with van der Waals surface area (Å²) in [6, 6.07) is 6.01. The average molecular weight is 223 g/mol. The van der Waals surface area contributed by atoms with Crippen molar-refractivity contribution >= 4 is 5.69 Å². The van der Waals surface area contributed by atoms with Gasteiger partial charge in [0.05, 0.1) is 12.7 Å². The molecule has 2 N–H and O–H groups in total. The first kappa shape index (κ1) is 13.0. The van der Waals surface area contributed by atoms with Crippen molar-refractivity contribution in [2.75, 3.05) is 18.5 Å². The van der Waals surface area contributed by atoms with Crippen LogP contribution in [0.3, 0.4) is 0 Å². The summed E-state index contributed by atoms with van der Waals surface area (Å²) in [5.74, 6) is 0. The van der Waals surface area contributed by atoms with Gasteiger partial charge in [-0.1, -0.05) is 6.07 Å². The van der Waals surface area contributed by atoms with Crippen LogP contribution in [-0.4, -0.2) is 29.9 Å². The van der Waals surface area contributed by atoms with Gasteiger partial charge in [0.15, 0.2) is 0 Å². The number of aryl methyl sites for hydroxylation is 1. The fourth-order valence-electron chi connectivity index (χ4n) is 1.60.